The van der Waals surface area contributed by atoms with E-state index >= 15 is 0 Å². The smallest absolute Gasteiger partial charge is 0.264 e. The quantitative estimate of drug-likeness (QED) is 0.845. The molecular weight excluding hydrogens is 343 g/mol. The molecule has 0 fully saturated rings. The summed E-state index contributed by atoms with van der Waals surface area (Å²) in [7, 11) is -3.86. The van der Waals surface area contributed by atoms with Gasteiger partial charge >= 0.3 is 0 Å². The molecule has 1 aromatic heterocycles. The van der Waals surface area contributed by atoms with Gasteiger partial charge in [-0.15, -0.1) is 0 Å². The third-order valence-electron chi connectivity index (χ3n) is 2.58. The molecule has 0 saturated carbocycles. The molecule has 8 heteroatoms. The molecular formula is C12H9Cl3N2O2S. The van der Waals surface area contributed by atoms with E-state index in [1.807, 2.05) is 0 Å². The van der Waals surface area contributed by atoms with Crippen molar-refractivity contribution >= 4 is 50.5 Å². The molecule has 0 aliphatic heterocycles. The van der Waals surface area contributed by atoms with Crippen molar-refractivity contribution in [2.24, 2.45) is 0 Å². The normalized spacial score (nSPS) is 11.4. The molecule has 0 saturated heterocycles. The van der Waals surface area contributed by atoms with Crippen LogP contribution in [0.25, 0.3) is 0 Å². The fourth-order valence-electron chi connectivity index (χ4n) is 1.52. The highest BCUT2D eigenvalue weighted by molar-refractivity contribution is 7.92. The number of pyridine rings is 1. The Hall–Kier alpha value is -1.01. The van der Waals surface area contributed by atoms with Gasteiger partial charge in [0.05, 0.1) is 5.69 Å². The molecule has 0 spiro atoms. The fourth-order valence-corrected chi connectivity index (χ4v) is 3.48. The minimum Gasteiger partial charge on any atom is -0.279 e. The summed E-state index contributed by atoms with van der Waals surface area (Å²) in [6.07, 6.45) is 0. The number of rotatable bonds is 3. The first-order valence-electron chi connectivity index (χ1n) is 5.41. The van der Waals surface area contributed by atoms with Gasteiger partial charge in [-0.2, -0.15) is 0 Å². The van der Waals surface area contributed by atoms with Crippen LogP contribution in [0.4, 0.5) is 5.69 Å². The fraction of sp³-hybridized carbons (Fsp3) is 0.0833. The van der Waals surface area contributed by atoms with Gasteiger partial charge in [-0.05, 0) is 36.8 Å². The van der Waals surface area contributed by atoms with Crippen molar-refractivity contribution in [3.63, 3.8) is 0 Å². The van der Waals surface area contributed by atoms with Crippen LogP contribution in [0.2, 0.25) is 15.3 Å². The lowest BCUT2D eigenvalue weighted by Gasteiger charge is -2.12. The van der Waals surface area contributed by atoms with E-state index in [9.17, 15) is 8.42 Å². The highest BCUT2D eigenvalue weighted by Gasteiger charge is 2.20. The Kier molecular flexibility index (Phi) is 4.44. The standard InChI is InChI=1S/C12H9Cl3N2O2S/c1-7-8(13)3-2-4-9(7)17-20(18,19)10-5-6-11(14)16-12(10)15/h2-6,17H,1H3. The number of nitrogens with one attached hydrogen (secondary N) is 1. The third-order valence-corrected chi connectivity index (χ3v) is 5.00. The zero-order valence-corrected chi connectivity index (χ0v) is 13.3. The minimum absolute atomic E-state index is 0.118. The van der Waals surface area contributed by atoms with Crippen molar-refractivity contribution in [2.45, 2.75) is 11.8 Å². The van der Waals surface area contributed by atoms with E-state index in [4.69, 9.17) is 34.8 Å². The number of hydrogen-bond donors (Lipinski definition) is 1. The van der Waals surface area contributed by atoms with Crippen LogP contribution >= 0.6 is 34.8 Å². The van der Waals surface area contributed by atoms with Gasteiger partial charge in [0.2, 0.25) is 0 Å². The molecule has 106 valence electrons. The maximum absolute atomic E-state index is 12.3. The van der Waals surface area contributed by atoms with Gasteiger partial charge in [-0.1, -0.05) is 40.9 Å². The first-order valence-corrected chi connectivity index (χ1v) is 8.03. The number of anilines is 1. The van der Waals surface area contributed by atoms with Gasteiger partial charge in [-0.25, -0.2) is 13.4 Å². The SMILES string of the molecule is Cc1c(Cl)cccc1NS(=O)(=O)c1ccc(Cl)nc1Cl. The Morgan fingerprint density at radius 3 is 2.45 bits per heavy atom. The minimum atomic E-state index is -3.86. The molecule has 1 aromatic carbocycles. The largest absolute Gasteiger partial charge is 0.279 e. The van der Waals surface area contributed by atoms with Crippen LogP contribution in [0, 0.1) is 6.92 Å². The van der Waals surface area contributed by atoms with Gasteiger partial charge in [0.25, 0.3) is 10.0 Å². The molecule has 0 radical (unpaired) electrons. The lowest BCUT2D eigenvalue weighted by atomic mass is 10.2. The zero-order valence-electron chi connectivity index (χ0n) is 10.2. The van der Waals surface area contributed by atoms with Gasteiger partial charge < -0.3 is 0 Å². The molecule has 1 heterocycles. The number of aromatic nitrogens is 1. The van der Waals surface area contributed by atoms with E-state index in [0.29, 0.717) is 16.3 Å². The summed E-state index contributed by atoms with van der Waals surface area (Å²) in [6.45, 7) is 1.71. The van der Waals surface area contributed by atoms with Gasteiger partial charge in [-0.3, -0.25) is 4.72 Å². The predicted octanol–water partition coefficient (Wildman–Crippen LogP) is 4.15. The molecule has 0 amide bonds. The number of hydrogen-bond acceptors (Lipinski definition) is 3. The average molecular weight is 352 g/mol. The van der Waals surface area contributed by atoms with Crippen molar-refractivity contribution in [3.05, 3.63) is 51.2 Å². The Balaban J connectivity index is 2.44. The van der Waals surface area contributed by atoms with Crippen molar-refractivity contribution < 1.29 is 8.42 Å². The van der Waals surface area contributed by atoms with Crippen LogP contribution in [-0.2, 0) is 10.0 Å². The number of benzene rings is 1. The number of nitrogens with zero attached hydrogens (tertiary/aromatic N) is 1. The van der Waals surface area contributed by atoms with Gasteiger partial charge in [0, 0.05) is 5.02 Å². The lowest BCUT2D eigenvalue weighted by Crippen LogP contribution is -2.14. The van der Waals surface area contributed by atoms with Crippen molar-refractivity contribution in [2.75, 3.05) is 4.72 Å². The molecule has 1 N–H and O–H groups in total. The molecule has 0 atom stereocenters. The molecule has 2 aromatic rings. The van der Waals surface area contributed by atoms with E-state index < -0.39 is 10.0 Å². The molecule has 0 aliphatic rings. The monoisotopic (exact) mass is 350 g/mol. The molecule has 20 heavy (non-hydrogen) atoms. The second kappa shape index (κ2) is 5.77. The number of halogens is 3. The van der Waals surface area contributed by atoms with Crippen LogP contribution < -0.4 is 4.72 Å². The molecule has 0 aliphatic carbocycles. The number of sulfonamides is 1. The Labute approximate surface area is 131 Å². The summed E-state index contributed by atoms with van der Waals surface area (Å²) in [5.41, 5.74) is 0.999. The molecule has 0 bridgehead atoms. The molecule has 0 unspecified atom stereocenters. The summed E-state index contributed by atoms with van der Waals surface area (Å²) < 4.78 is 27.0. The second-order valence-corrected chi connectivity index (χ2v) is 6.74. The van der Waals surface area contributed by atoms with Gasteiger partial charge in [0.15, 0.2) is 5.15 Å². The van der Waals surface area contributed by atoms with E-state index in [1.54, 1.807) is 25.1 Å². The first-order chi connectivity index (χ1) is 9.31. The summed E-state index contributed by atoms with van der Waals surface area (Å²) in [6, 6.07) is 7.57. The topological polar surface area (TPSA) is 59.1 Å². The lowest BCUT2D eigenvalue weighted by molar-refractivity contribution is 0.601. The molecule has 4 nitrogen and oxygen atoms in total. The highest BCUT2D eigenvalue weighted by Crippen LogP contribution is 2.27. The van der Waals surface area contributed by atoms with Crippen molar-refractivity contribution in [1.29, 1.82) is 0 Å². The van der Waals surface area contributed by atoms with Crippen molar-refractivity contribution in [3.8, 4) is 0 Å². The predicted molar refractivity (Wildman–Crippen MR) is 81.3 cm³/mol. The van der Waals surface area contributed by atoms with Gasteiger partial charge in [0.1, 0.15) is 10.0 Å². The maximum Gasteiger partial charge on any atom is 0.264 e. The van der Waals surface area contributed by atoms with E-state index in [2.05, 4.69) is 9.71 Å². The van der Waals surface area contributed by atoms with Crippen LogP contribution in [0.3, 0.4) is 0 Å². The zero-order chi connectivity index (χ0) is 14.9. The van der Waals surface area contributed by atoms with Crippen LogP contribution in [-0.4, -0.2) is 13.4 Å². The molecule has 2 rings (SSSR count). The maximum atomic E-state index is 12.3. The summed E-state index contributed by atoms with van der Waals surface area (Å²) in [4.78, 5) is 3.56. The van der Waals surface area contributed by atoms with Crippen LogP contribution in [0.5, 0.6) is 0 Å². The highest BCUT2D eigenvalue weighted by atomic mass is 35.5. The average Bonchev–Trinajstić information content (AvgIpc) is 2.34. The third kappa shape index (κ3) is 3.17. The van der Waals surface area contributed by atoms with E-state index in [1.165, 1.54) is 12.1 Å². The summed E-state index contributed by atoms with van der Waals surface area (Å²) in [5, 5.41) is 0.392. The summed E-state index contributed by atoms with van der Waals surface area (Å²) >= 11 is 17.4. The van der Waals surface area contributed by atoms with Crippen LogP contribution in [0.1, 0.15) is 5.56 Å². The first kappa shape index (κ1) is 15.4. The van der Waals surface area contributed by atoms with E-state index in [-0.39, 0.29) is 15.2 Å². The van der Waals surface area contributed by atoms with E-state index in [0.717, 1.165) is 0 Å². The van der Waals surface area contributed by atoms with Crippen LogP contribution in [0.15, 0.2) is 35.2 Å². The Morgan fingerprint density at radius 2 is 1.80 bits per heavy atom. The Bertz CT molecular complexity index is 763. The Morgan fingerprint density at radius 1 is 1.10 bits per heavy atom. The van der Waals surface area contributed by atoms with Crippen molar-refractivity contribution in [1.82, 2.24) is 4.98 Å². The summed E-state index contributed by atoms with van der Waals surface area (Å²) in [5.74, 6) is 0. The second-order valence-electron chi connectivity index (χ2n) is 3.94.